The molecule has 1 fully saturated rings. The number of hydrogen-bond donors (Lipinski definition) is 0. The SMILES string of the molecule is CCC[CH2][SnH]([CH2]CCC)[O]C(=O)C1CCCCC1C(=O)[O][SnH]([CH2]CCC)[CH2]CCC. The van der Waals surface area contributed by atoms with Gasteiger partial charge in [0.1, 0.15) is 0 Å². The zero-order valence-corrected chi connectivity index (χ0v) is 26.8. The first-order chi connectivity index (χ1) is 14.6. The molecule has 0 amide bonds. The maximum absolute atomic E-state index is 13.1. The fourth-order valence-corrected chi connectivity index (χ4v) is 20.2. The average Bonchev–Trinajstić information content (AvgIpc) is 2.77. The molecule has 0 aromatic rings. The summed E-state index contributed by atoms with van der Waals surface area (Å²) in [4.78, 5) is 26.2. The van der Waals surface area contributed by atoms with Crippen LogP contribution < -0.4 is 0 Å². The molecule has 1 rings (SSSR count). The molecule has 0 saturated heterocycles. The second kappa shape index (κ2) is 18.0. The molecule has 176 valence electrons. The van der Waals surface area contributed by atoms with Gasteiger partial charge in [-0.25, -0.2) is 0 Å². The summed E-state index contributed by atoms with van der Waals surface area (Å²) in [6.07, 6.45) is 13.1. The Morgan fingerprint density at radius 3 is 1.20 bits per heavy atom. The van der Waals surface area contributed by atoms with E-state index in [1.165, 1.54) is 51.4 Å². The number of carbonyl (C=O) groups is 2. The van der Waals surface area contributed by atoms with E-state index in [2.05, 4.69) is 27.7 Å². The van der Waals surface area contributed by atoms with Gasteiger partial charge in [-0.3, -0.25) is 0 Å². The van der Waals surface area contributed by atoms with E-state index in [0.717, 1.165) is 43.4 Å². The van der Waals surface area contributed by atoms with E-state index in [9.17, 15) is 9.59 Å². The van der Waals surface area contributed by atoms with Crippen LogP contribution in [-0.4, -0.2) is 52.3 Å². The molecule has 1 aliphatic carbocycles. The van der Waals surface area contributed by atoms with Gasteiger partial charge in [-0.2, -0.15) is 0 Å². The average molecular weight is 638 g/mol. The molecule has 0 aromatic heterocycles. The van der Waals surface area contributed by atoms with Gasteiger partial charge in [0.2, 0.25) is 0 Å². The Balaban J connectivity index is 2.73. The monoisotopic (exact) mass is 640 g/mol. The van der Waals surface area contributed by atoms with Gasteiger partial charge in [0.05, 0.1) is 0 Å². The summed E-state index contributed by atoms with van der Waals surface area (Å²) in [6, 6.07) is 0. The summed E-state index contributed by atoms with van der Waals surface area (Å²) >= 11 is -4.56. The second-order valence-electron chi connectivity index (χ2n) is 9.18. The fraction of sp³-hybridized carbons (Fsp3) is 0.917. The first-order valence-electron chi connectivity index (χ1n) is 13.0. The quantitative estimate of drug-likeness (QED) is 0.181. The van der Waals surface area contributed by atoms with Crippen LogP contribution in [0.15, 0.2) is 0 Å². The van der Waals surface area contributed by atoms with Gasteiger partial charge in [-0.15, -0.1) is 0 Å². The minimum absolute atomic E-state index is 0.0430. The Hall–Kier alpha value is 0.537. The molecule has 1 aliphatic rings. The van der Waals surface area contributed by atoms with Crippen molar-refractivity contribution in [2.75, 3.05) is 0 Å². The first kappa shape index (κ1) is 28.6. The topological polar surface area (TPSA) is 52.6 Å². The van der Waals surface area contributed by atoms with E-state index in [1.807, 2.05) is 0 Å². The van der Waals surface area contributed by atoms with E-state index in [-0.39, 0.29) is 23.8 Å². The zero-order valence-electron chi connectivity index (χ0n) is 20.3. The molecular formula is C24H48O4Sn2. The normalized spacial score (nSPS) is 19.3. The number of carbonyl (C=O) groups excluding carboxylic acids is 2. The molecule has 6 heteroatoms. The van der Waals surface area contributed by atoms with Crippen LogP contribution in [0.3, 0.4) is 0 Å². The molecule has 2 atom stereocenters. The van der Waals surface area contributed by atoms with Crippen LogP contribution in [0.25, 0.3) is 0 Å². The minimum atomic E-state index is -2.28. The summed E-state index contributed by atoms with van der Waals surface area (Å²) in [7, 11) is 0. The van der Waals surface area contributed by atoms with Crippen LogP contribution in [0, 0.1) is 11.8 Å². The van der Waals surface area contributed by atoms with Gasteiger partial charge in [0.15, 0.2) is 0 Å². The van der Waals surface area contributed by atoms with E-state index in [1.54, 1.807) is 0 Å². The Labute approximate surface area is 201 Å². The van der Waals surface area contributed by atoms with Gasteiger partial charge >= 0.3 is 202 Å². The van der Waals surface area contributed by atoms with Gasteiger partial charge < -0.3 is 0 Å². The molecule has 0 aliphatic heterocycles. The number of hydrogen-bond acceptors (Lipinski definition) is 4. The Morgan fingerprint density at radius 1 is 0.633 bits per heavy atom. The van der Waals surface area contributed by atoms with Crippen LogP contribution in [0.4, 0.5) is 0 Å². The molecule has 0 spiro atoms. The van der Waals surface area contributed by atoms with Crippen molar-refractivity contribution in [2.24, 2.45) is 11.8 Å². The maximum atomic E-state index is 13.1. The van der Waals surface area contributed by atoms with Gasteiger partial charge in [-0.1, -0.05) is 0 Å². The van der Waals surface area contributed by atoms with Crippen LogP contribution in [0.2, 0.25) is 17.7 Å². The molecule has 4 nitrogen and oxygen atoms in total. The Morgan fingerprint density at radius 2 is 0.933 bits per heavy atom. The summed E-state index contributed by atoms with van der Waals surface area (Å²) in [5.41, 5.74) is 0. The Bertz CT molecular complexity index is 414. The third-order valence-electron chi connectivity index (χ3n) is 6.46. The van der Waals surface area contributed by atoms with Crippen LogP contribution in [0.5, 0.6) is 0 Å². The van der Waals surface area contributed by atoms with Gasteiger partial charge in [0, 0.05) is 0 Å². The molecule has 2 unspecified atom stereocenters. The van der Waals surface area contributed by atoms with E-state index < -0.39 is 40.3 Å². The molecule has 0 bridgehead atoms. The first-order valence-corrected chi connectivity index (χ1v) is 25.0. The van der Waals surface area contributed by atoms with Gasteiger partial charge in [0.25, 0.3) is 0 Å². The van der Waals surface area contributed by atoms with Crippen molar-refractivity contribution in [3.63, 3.8) is 0 Å². The molecule has 30 heavy (non-hydrogen) atoms. The standard InChI is InChI=1S/C8H12O4.4C4H9.2Sn.2H/c9-7(10)5-3-1-2-4-6(5)8(11)12;4*1-3-4-2;;;;/h5-6H,1-4H2,(H,9,10)(H,11,12);4*1,3-4H2,2H3;;;;/q;;;;;2*+1;;/p-2. The van der Waals surface area contributed by atoms with Crippen LogP contribution in [-0.2, 0) is 15.7 Å². The van der Waals surface area contributed by atoms with Crippen molar-refractivity contribution in [1.29, 1.82) is 0 Å². The van der Waals surface area contributed by atoms with Crippen molar-refractivity contribution < 1.29 is 15.7 Å². The molecular weight excluding hydrogens is 590 g/mol. The van der Waals surface area contributed by atoms with Crippen LogP contribution >= 0.6 is 0 Å². The predicted octanol–water partition coefficient (Wildman–Crippen LogP) is 6.53. The summed E-state index contributed by atoms with van der Waals surface area (Å²) in [5, 5.41) is 0. The Kier molecular flexibility index (Phi) is 17.2. The molecule has 0 radical (unpaired) electrons. The van der Waals surface area contributed by atoms with Crippen molar-refractivity contribution >= 4 is 52.3 Å². The van der Waals surface area contributed by atoms with Crippen molar-refractivity contribution in [3.05, 3.63) is 0 Å². The third-order valence-corrected chi connectivity index (χ3v) is 21.7. The summed E-state index contributed by atoms with van der Waals surface area (Å²) < 4.78 is 17.0. The van der Waals surface area contributed by atoms with Gasteiger partial charge in [-0.05, 0) is 0 Å². The molecule has 0 heterocycles. The molecule has 0 aromatic carbocycles. The van der Waals surface area contributed by atoms with E-state index in [0.29, 0.717) is 0 Å². The van der Waals surface area contributed by atoms with Crippen molar-refractivity contribution in [2.45, 2.75) is 122 Å². The van der Waals surface area contributed by atoms with Crippen LogP contribution in [0.1, 0.15) is 105 Å². The summed E-state index contributed by atoms with van der Waals surface area (Å²) in [5.74, 6) is -0.562. The van der Waals surface area contributed by atoms with E-state index >= 15 is 0 Å². The molecule has 1 saturated carbocycles. The molecule has 0 N–H and O–H groups in total. The predicted molar refractivity (Wildman–Crippen MR) is 131 cm³/mol. The zero-order chi connectivity index (χ0) is 22.2. The van der Waals surface area contributed by atoms with Crippen molar-refractivity contribution in [3.8, 4) is 0 Å². The second-order valence-corrected chi connectivity index (χ2v) is 24.2. The summed E-state index contributed by atoms with van der Waals surface area (Å²) in [6.45, 7) is 8.82. The number of unbranched alkanes of at least 4 members (excludes halogenated alkanes) is 4. The van der Waals surface area contributed by atoms with E-state index in [4.69, 9.17) is 6.15 Å². The number of rotatable bonds is 16. The fourth-order valence-electron chi connectivity index (χ4n) is 4.45. The van der Waals surface area contributed by atoms with Crippen molar-refractivity contribution in [1.82, 2.24) is 0 Å². The third kappa shape index (κ3) is 11.4.